The summed E-state index contributed by atoms with van der Waals surface area (Å²) >= 11 is 0. The van der Waals surface area contributed by atoms with E-state index in [0.29, 0.717) is 39.5 Å². The Balaban J connectivity index is 1.84. The monoisotopic (exact) mass is 498 g/mol. The number of ether oxygens (including phenoxy) is 6. The number of carbonyl (C=O) groups excluding carboxylic acids is 2. The highest BCUT2D eigenvalue weighted by atomic mass is 16.7. The molecule has 9 nitrogen and oxygen atoms in total. The summed E-state index contributed by atoms with van der Waals surface area (Å²) in [5.74, 6) is -0.231. The molecule has 0 saturated carbocycles. The molecule has 9 heteroatoms. The Morgan fingerprint density at radius 1 is 1.14 bits per heavy atom. The lowest BCUT2D eigenvalue weighted by Crippen LogP contribution is -2.51. The smallest absolute Gasteiger partial charge is 0.333 e. The molecule has 0 radical (unpaired) electrons. The molecule has 192 valence electrons. The molecular formula is C27H30O9. The van der Waals surface area contributed by atoms with Gasteiger partial charge in [-0.15, -0.1) is 0 Å². The number of esters is 1. The molecule has 4 aliphatic rings. The molecule has 2 heterocycles. The zero-order valence-corrected chi connectivity index (χ0v) is 21.2. The molecule has 0 bridgehead atoms. The maximum Gasteiger partial charge on any atom is 0.333 e. The molecule has 0 amide bonds. The van der Waals surface area contributed by atoms with Crippen LogP contribution in [0.4, 0.5) is 0 Å². The summed E-state index contributed by atoms with van der Waals surface area (Å²) in [5, 5.41) is 11.7. The normalized spacial score (nSPS) is 30.5. The van der Waals surface area contributed by atoms with Crippen LogP contribution in [0.15, 0.2) is 40.9 Å². The molecule has 1 aromatic carbocycles. The van der Waals surface area contributed by atoms with Crippen molar-refractivity contribution in [1.29, 1.82) is 0 Å². The lowest BCUT2D eigenvalue weighted by Gasteiger charge is -2.43. The van der Waals surface area contributed by atoms with Crippen LogP contribution < -0.4 is 14.2 Å². The molecule has 2 aliphatic heterocycles. The number of aliphatic hydroxyl groups is 1. The minimum atomic E-state index is -1.42. The average molecular weight is 499 g/mol. The predicted molar refractivity (Wildman–Crippen MR) is 126 cm³/mol. The first-order chi connectivity index (χ1) is 17.2. The van der Waals surface area contributed by atoms with E-state index >= 15 is 0 Å². The van der Waals surface area contributed by atoms with Crippen molar-refractivity contribution >= 4 is 11.8 Å². The van der Waals surface area contributed by atoms with E-state index in [2.05, 4.69) is 0 Å². The van der Waals surface area contributed by atoms with Gasteiger partial charge in [-0.25, -0.2) is 4.79 Å². The van der Waals surface area contributed by atoms with Crippen molar-refractivity contribution in [1.82, 2.24) is 0 Å². The number of rotatable bonds is 4. The Kier molecular flexibility index (Phi) is 5.78. The lowest BCUT2D eigenvalue weighted by molar-refractivity contribution is -0.149. The Morgan fingerprint density at radius 2 is 1.89 bits per heavy atom. The Hall–Kier alpha value is -3.46. The summed E-state index contributed by atoms with van der Waals surface area (Å²) in [4.78, 5) is 27.2. The van der Waals surface area contributed by atoms with Gasteiger partial charge in [0.2, 0.25) is 24.1 Å². The minimum absolute atomic E-state index is 0.00794. The van der Waals surface area contributed by atoms with Gasteiger partial charge in [-0.3, -0.25) is 4.79 Å². The van der Waals surface area contributed by atoms with Gasteiger partial charge in [0.05, 0.1) is 20.3 Å². The second kappa shape index (κ2) is 8.58. The van der Waals surface area contributed by atoms with E-state index in [1.165, 1.54) is 14.2 Å². The molecule has 0 fully saturated rings. The summed E-state index contributed by atoms with van der Waals surface area (Å²) in [6.45, 7) is 7.12. The van der Waals surface area contributed by atoms with Crippen LogP contribution in [0.3, 0.4) is 0 Å². The van der Waals surface area contributed by atoms with Gasteiger partial charge in [-0.2, -0.15) is 0 Å². The van der Waals surface area contributed by atoms with Crippen LogP contribution >= 0.6 is 0 Å². The highest BCUT2D eigenvalue weighted by Gasteiger charge is 2.61. The van der Waals surface area contributed by atoms with E-state index in [-0.39, 0.29) is 30.8 Å². The molecule has 1 spiro atoms. The van der Waals surface area contributed by atoms with Gasteiger partial charge >= 0.3 is 5.97 Å². The number of ketones is 1. The molecule has 2 aliphatic carbocycles. The van der Waals surface area contributed by atoms with Crippen LogP contribution in [0.1, 0.15) is 44.9 Å². The van der Waals surface area contributed by atoms with E-state index in [9.17, 15) is 14.7 Å². The molecule has 36 heavy (non-hydrogen) atoms. The van der Waals surface area contributed by atoms with Crippen LogP contribution in [0.5, 0.6) is 17.2 Å². The summed E-state index contributed by atoms with van der Waals surface area (Å²) in [5.41, 5.74) is 0.530. The molecular weight excluding hydrogens is 468 g/mol. The van der Waals surface area contributed by atoms with Gasteiger partial charge in [-0.1, -0.05) is 19.9 Å². The van der Waals surface area contributed by atoms with Crippen LogP contribution in [0.25, 0.3) is 0 Å². The predicted octanol–water partition coefficient (Wildman–Crippen LogP) is 3.26. The number of hydrogen-bond donors (Lipinski definition) is 1. The molecule has 0 unspecified atom stereocenters. The van der Waals surface area contributed by atoms with Crippen molar-refractivity contribution in [3.63, 3.8) is 0 Å². The second-order valence-corrected chi connectivity index (χ2v) is 9.59. The molecule has 0 aromatic heterocycles. The van der Waals surface area contributed by atoms with Crippen molar-refractivity contribution in [3.05, 3.63) is 52.0 Å². The maximum atomic E-state index is 14.2. The molecule has 0 saturated heterocycles. The molecule has 5 atom stereocenters. The third kappa shape index (κ3) is 3.11. The summed E-state index contributed by atoms with van der Waals surface area (Å²) in [6.07, 6.45) is 1.48. The summed E-state index contributed by atoms with van der Waals surface area (Å²) in [7, 11) is 2.84. The standard InChI is InChI=1S/C27H30O9/c1-7-12(2)26(30)36-21-14(4)13(3)20(28)16-9-17(31-5)23(32-6)25(29)27(16)10-33-24-19(27)15(21)8-18-22(24)35-11-34-18/h7-9,13-14,20-21,28H,10-11H2,1-6H3/b12-7-/t13-,14+,20+,21+,27-/m0/s1. The Bertz CT molecular complexity index is 1240. The number of hydrogen-bond acceptors (Lipinski definition) is 9. The topological polar surface area (TPSA) is 110 Å². The third-order valence-electron chi connectivity index (χ3n) is 7.95. The highest BCUT2D eigenvalue weighted by Crippen LogP contribution is 2.61. The first kappa shape index (κ1) is 24.2. The Morgan fingerprint density at radius 3 is 2.56 bits per heavy atom. The quantitative estimate of drug-likeness (QED) is 0.494. The molecule has 1 aromatic rings. The van der Waals surface area contributed by atoms with Gasteiger partial charge in [0.15, 0.2) is 17.3 Å². The van der Waals surface area contributed by atoms with Crippen molar-refractivity contribution in [2.45, 2.75) is 45.3 Å². The van der Waals surface area contributed by atoms with Gasteiger partial charge in [0.25, 0.3) is 0 Å². The Labute approximate surface area is 209 Å². The van der Waals surface area contributed by atoms with E-state index in [4.69, 9.17) is 28.4 Å². The third-order valence-corrected chi connectivity index (χ3v) is 7.95. The molecule has 1 N–H and O–H groups in total. The maximum absolute atomic E-state index is 14.2. The van der Waals surface area contributed by atoms with E-state index in [1.807, 2.05) is 13.8 Å². The first-order valence-electron chi connectivity index (χ1n) is 11.9. The van der Waals surface area contributed by atoms with Gasteiger partial charge < -0.3 is 33.5 Å². The fraction of sp³-hybridized carbons (Fsp3) is 0.481. The van der Waals surface area contributed by atoms with Crippen molar-refractivity contribution in [2.75, 3.05) is 27.6 Å². The van der Waals surface area contributed by atoms with Crippen LogP contribution in [0.2, 0.25) is 0 Å². The number of fused-ring (bicyclic) bond motifs is 2. The van der Waals surface area contributed by atoms with Gasteiger partial charge in [0, 0.05) is 22.6 Å². The molecule has 5 rings (SSSR count). The fourth-order valence-corrected chi connectivity index (χ4v) is 5.57. The lowest BCUT2D eigenvalue weighted by atomic mass is 9.61. The SMILES string of the molecule is C/C=C(/C)C(=O)O[C@H]1c2cc3c(c4c2[C@@]2(CO4)C(=O)C(OC)=C(OC)C=C2[C@H](O)[C@@H](C)[C@H]1C)OCO3. The van der Waals surface area contributed by atoms with Crippen LogP contribution in [0, 0.1) is 11.8 Å². The van der Waals surface area contributed by atoms with Crippen LogP contribution in [-0.4, -0.2) is 50.6 Å². The van der Waals surface area contributed by atoms with Crippen LogP contribution in [-0.2, 0) is 29.2 Å². The summed E-state index contributed by atoms with van der Waals surface area (Å²) in [6, 6.07) is 1.76. The highest BCUT2D eigenvalue weighted by molar-refractivity contribution is 6.08. The number of carbonyl (C=O) groups is 2. The number of allylic oxidation sites excluding steroid dienone is 3. The fourth-order valence-electron chi connectivity index (χ4n) is 5.57. The van der Waals surface area contributed by atoms with Crippen molar-refractivity contribution in [2.24, 2.45) is 11.8 Å². The largest absolute Gasteiger partial charge is 0.493 e. The van der Waals surface area contributed by atoms with E-state index < -0.39 is 35.3 Å². The number of Topliss-reactive ketones (excluding diaryl/α,β-unsaturated/α-hetero) is 1. The average Bonchev–Trinajstić information content (AvgIpc) is 3.51. The van der Waals surface area contributed by atoms with Gasteiger partial charge in [-0.05, 0) is 37.5 Å². The van der Waals surface area contributed by atoms with Crippen molar-refractivity contribution in [3.8, 4) is 17.2 Å². The first-order valence-corrected chi connectivity index (χ1v) is 11.9. The van der Waals surface area contributed by atoms with E-state index in [1.54, 1.807) is 32.1 Å². The van der Waals surface area contributed by atoms with Gasteiger partial charge in [0.1, 0.15) is 18.1 Å². The number of benzene rings is 1. The van der Waals surface area contributed by atoms with Crippen molar-refractivity contribution < 1.29 is 43.1 Å². The minimum Gasteiger partial charge on any atom is -0.493 e. The van der Waals surface area contributed by atoms with E-state index in [0.717, 1.165) is 0 Å². The second-order valence-electron chi connectivity index (χ2n) is 9.59. The number of aliphatic hydroxyl groups excluding tert-OH is 1. The number of methoxy groups -OCH3 is 2. The zero-order chi connectivity index (χ0) is 25.9. The summed E-state index contributed by atoms with van der Waals surface area (Å²) < 4.78 is 34.6. The zero-order valence-electron chi connectivity index (χ0n) is 21.2.